The summed E-state index contributed by atoms with van der Waals surface area (Å²) in [5.74, 6) is 0. The number of nitrogens with zero attached hydrogens (tertiary/aromatic N) is 1. The van der Waals surface area contributed by atoms with E-state index in [1.54, 1.807) is 0 Å². The molecule has 3 nitrogen and oxygen atoms in total. The van der Waals surface area contributed by atoms with Crippen LogP contribution < -0.4 is 4.90 Å². The van der Waals surface area contributed by atoms with E-state index in [0.29, 0.717) is 0 Å². The molecule has 0 aliphatic heterocycles. The van der Waals surface area contributed by atoms with Crippen molar-refractivity contribution in [2.45, 2.75) is 0 Å². The molecule has 0 aliphatic rings. The van der Waals surface area contributed by atoms with Crippen LogP contribution in [0.5, 0.6) is 0 Å². The fraction of sp³-hybridized carbons (Fsp3) is 0. The van der Waals surface area contributed by atoms with Gasteiger partial charge in [-0.25, -0.2) is 0 Å². The normalized spacial score (nSPS) is 12.0. The lowest BCUT2D eigenvalue weighted by atomic mass is 9.96. The average molecular weight is 658 g/mol. The Hall–Kier alpha value is -6.36. The van der Waals surface area contributed by atoms with Gasteiger partial charge in [-0.3, -0.25) is 0 Å². The lowest BCUT2D eigenvalue weighted by Gasteiger charge is -2.26. The minimum atomic E-state index is 0.857. The van der Waals surface area contributed by atoms with Gasteiger partial charge in [0.15, 0.2) is 0 Å². The maximum absolute atomic E-state index is 6.72. The van der Waals surface area contributed by atoms with E-state index < -0.39 is 0 Å². The van der Waals surface area contributed by atoms with Crippen molar-refractivity contribution in [2.24, 2.45) is 0 Å². The molecule has 3 aromatic heterocycles. The summed E-state index contributed by atoms with van der Waals surface area (Å²) in [7, 11) is 0. The zero-order chi connectivity index (χ0) is 32.8. The predicted octanol–water partition coefficient (Wildman–Crippen LogP) is 14.1. The van der Waals surface area contributed by atoms with Crippen molar-refractivity contribution in [3.05, 3.63) is 164 Å². The molecule has 0 fully saturated rings. The number of para-hydroxylation sites is 3. The quantitative estimate of drug-likeness (QED) is 0.189. The highest BCUT2D eigenvalue weighted by Crippen LogP contribution is 2.48. The first kappa shape index (κ1) is 27.6. The number of hydrogen-bond donors (Lipinski definition) is 0. The smallest absolute Gasteiger partial charge is 0.144 e. The van der Waals surface area contributed by atoms with Gasteiger partial charge in [0.1, 0.15) is 22.3 Å². The number of fused-ring (bicyclic) bond motifs is 12. The van der Waals surface area contributed by atoms with Crippen molar-refractivity contribution in [1.82, 2.24) is 0 Å². The van der Waals surface area contributed by atoms with Gasteiger partial charge in [-0.1, -0.05) is 103 Å². The van der Waals surface area contributed by atoms with Gasteiger partial charge in [-0.2, -0.15) is 0 Å². The number of hydrogen-bond acceptors (Lipinski definition) is 4. The Labute approximate surface area is 290 Å². The SMILES string of the molecule is c1ccc(N(c2ccccc2)c2cc3oc4ccc(-c5cc6c7ccccc7sc6c6c5oc5ccccc56)cc4c3c3ccccc23)cc1. The summed E-state index contributed by atoms with van der Waals surface area (Å²) in [5.41, 5.74) is 8.99. The van der Waals surface area contributed by atoms with E-state index in [-0.39, 0.29) is 0 Å². The van der Waals surface area contributed by atoms with Crippen LogP contribution in [0.3, 0.4) is 0 Å². The first-order chi connectivity index (χ1) is 24.8. The molecule has 0 unspecified atom stereocenters. The molecule has 0 aliphatic carbocycles. The van der Waals surface area contributed by atoms with E-state index in [1.165, 1.54) is 25.6 Å². The lowest BCUT2D eigenvalue weighted by Crippen LogP contribution is -2.10. The van der Waals surface area contributed by atoms with E-state index in [1.807, 2.05) is 17.4 Å². The van der Waals surface area contributed by atoms with Crippen LogP contribution in [-0.2, 0) is 0 Å². The fourth-order valence-electron chi connectivity index (χ4n) is 7.84. The summed E-state index contributed by atoms with van der Waals surface area (Å²) < 4.78 is 16.0. The molecule has 0 radical (unpaired) electrons. The fourth-order valence-corrected chi connectivity index (χ4v) is 9.07. The highest BCUT2D eigenvalue weighted by Gasteiger charge is 2.22. The first-order valence-electron chi connectivity index (χ1n) is 16.8. The summed E-state index contributed by atoms with van der Waals surface area (Å²) in [6.07, 6.45) is 0. The topological polar surface area (TPSA) is 29.5 Å². The Kier molecular flexibility index (Phi) is 5.83. The molecule has 4 heteroatoms. The van der Waals surface area contributed by atoms with Crippen molar-refractivity contribution in [3.8, 4) is 11.1 Å². The zero-order valence-corrected chi connectivity index (χ0v) is 27.6. The molecule has 0 saturated heterocycles. The van der Waals surface area contributed by atoms with E-state index in [2.05, 4.69) is 163 Å². The molecule has 8 aromatic carbocycles. The molecule has 50 heavy (non-hydrogen) atoms. The van der Waals surface area contributed by atoms with E-state index >= 15 is 0 Å². The van der Waals surface area contributed by atoms with Crippen LogP contribution in [0.15, 0.2) is 173 Å². The third-order valence-electron chi connectivity index (χ3n) is 10.0. The van der Waals surface area contributed by atoms with Gasteiger partial charge in [-0.05, 0) is 65.5 Å². The predicted molar refractivity (Wildman–Crippen MR) is 212 cm³/mol. The van der Waals surface area contributed by atoms with E-state index in [9.17, 15) is 0 Å². The van der Waals surface area contributed by atoms with Gasteiger partial charge in [0, 0.05) is 70.1 Å². The van der Waals surface area contributed by atoms with Crippen LogP contribution in [0.2, 0.25) is 0 Å². The summed E-state index contributed by atoms with van der Waals surface area (Å²) in [5, 5.41) is 9.38. The number of benzene rings is 8. The van der Waals surface area contributed by atoms with Gasteiger partial charge in [0.2, 0.25) is 0 Å². The molecular formula is C46H27NO2S. The molecule has 0 bridgehead atoms. The lowest BCUT2D eigenvalue weighted by molar-refractivity contribution is 0.668. The standard InChI is InChI=1S/C46H27NO2S/c1-3-13-29(14-4-1)47(30-15-5-2-6-16-30)38-27-41-43(33-19-8-7-17-31(33)38)37-25-28(23-24-40(37)48-41)35-26-36-32-18-10-12-22-42(32)50-46(36)44-34-20-9-11-21-39(34)49-45(35)44/h1-27H. The van der Waals surface area contributed by atoms with E-state index in [4.69, 9.17) is 8.83 Å². The molecule has 0 amide bonds. The Balaban J connectivity index is 1.20. The number of anilines is 3. The first-order valence-corrected chi connectivity index (χ1v) is 17.7. The second kappa shape index (κ2) is 10.6. The van der Waals surface area contributed by atoms with Crippen LogP contribution in [-0.4, -0.2) is 0 Å². The number of furan rings is 2. The summed E-state index contributed by atoms with van der Waals surface area (Å²) in [6.45, 7) is 0. The van der Waals surface area contributed by atoms with Crippen LogP contribution >= 0.6 is 11.3 Å². The Morgan fingerprint density at radius 1 is 0.420 bits per heavy atom. The van der Waals surface area contributed by atoms with Crippen molar-refractivity contribution < 1.29 is 8.83 Å². The highest BCUT2D eigenvalue weighted by atomic mass is 32.1. The third-order valence-corrected chi connectivity index (χ3v) is 11.2. The Morgan fingerprint density at radius 3 is 1.84 bits per heavy atom. The molecule has 3 heterocycles. The number of thiophene rings is 1. The second-order valence-electron chi connectivity index (χ2n) is 12.8. The zero-order valence-electron chi connectivity index (χ0n) is 26.8. The van der Waals surface area contributed by atoms with Crippen LogP contribution in [0.25, 0.3) is 85.9 Å². The molecule has 0 N–H and O–H groups in total. The van der Waals surface area contributed by atoms with Crippen LogP contribution in [0.4, 0.5) is 17.1 Å². The van der Waals surface area contributed by atoms with Crippen molar-refractivity contribution in [1.29, 1.82) is 0 Å². The molecule has 11 aromatic rings. The monoisotopic (exact) mass is 657 g/mol. The van der Waals surface area contributed by atoms with Crippen molar-refractivity contribution in [2.75, 3.05) is 4.90 Å². The van der Waals surface area contributed by atoms with Crippen molar-refractivity contribution >= 4 is 103 Å². The molecule has 0 atom stereocenters. The van der Waals surface area contributed by atoms with Gasteiger partial charge in [0.05, 0.1) is 5.69 Å². The molecule has 0 spiro atoms. The van der Waals surface area contributed by atoms with Gasteiger partial charge in [0.25, 0.3) is 0 Å². The van der Waals surface area contributed by atoms with Gasteiger partial charge < -0.3 is 13.7 Å². The minimum absolute atomic E-state index is 0.857. The average Bonchev–Trinajstić information content (AvgIpc) is 3.86. The molecule has 0 saturated carbocycles. The molecule has 11 rings (SSSR count). The van der Waals surface area contributed by atoms with Crippen molar-refractivity contribution in [3.63, 3.8) is 0 Å². The Bertz CT molecular complexity index is 3060. The summed E-state index contributed by atoms with van der Waals surface area (Å²) in [4.78, 5) is 2.32. The summed E-state index contributed by atoms with van der Waals surface area (Å²) in [6, 6.07) is 58.0. The van der Waals surface area contributed by atoms with Crippen LogP contribution in [0.1, 0.15) is 0 Å². The van der Waals surface area contributed by atoms with Gasteiger partial charge >= 0.3 is 0 Å². The third kappa shape index (κ3) is 3.97. The molecular weight excluding hydrogens is 631 g/mol. The largest absolute Gasteiger partial charge is 0.456 e. The second-order valence-corrected chi connectivity index (χ2v) is 13.9. The number of rotatable bonds is 4. The maximum atomic E-state index is 6.72. The maximum Gasteiger partial charge on any atom is 0.144 e. The van der Waals surface area contributed by atoms with Crippen LogP contribution in [0, 0.1) is 0 Å². The van der Waals surface area contributed by atoms with E-state index in [0.717, 1.165) is 77.5 Å². The summed E-state index contributed by atoms with van der Waals surface area (Å²) >= 11 is 1.84. The molecule has 234 valence electrons. The van der Waals surface area contributed by atoms with Gasteiger partial charge in [-0.15, -0.1) is 11.3 Å². The minimum Gasteiger partial charge on any atom is -0.456 e. The highest BCUT2D eigenvalue weighted by molar-refractivity contribution is 7.26. The Morgan fingerprint density at radius 2 is 1.06 bits per heavy atom.